The number of benzene rings is 2. The molecule has 1 aliphatic rings. The zero-order chi connectivity index (χ0) is 36.9. The van der Waals surface area contributed by atoms with Crippen molar-refractivity contribution in [2.75, 3.05) is 52.4 Å². The van der Waals surface area contributed by atoms with Crippen molar-refractivity contribution < 1.29 is 68.0 Å². The van der Waals surface area contributed by atoms with Gasteiger partial charge in [-0.15, -0.1) is 0 Å². The van der Waals surface area contributed by atoms with Crippen LogP contribution in [0.4, 0.5) is 0 Å². The first kappa shape index (κ1) is 40.2. The molecule has 3 rings (SSSR count). The summed E-state index contributed by atoms with van der Waals surface area (Å²) in [7, 11) is -5.08. The van der Waals surface area contributed by atoms with Crippen molar-refractivity contribution in [1.29, 1.82) is 0 Å². The summed E-state index contributed by atoms with van der Waals surface area (Å²) in [6.07, 6.45) is -0.880. The van der Waals surface area contributed by atoms with Crippen LogP contribution in [0.25, 0.3) is 0 Å². The SMILES string of the molecule is O=C(O)CN(CCN(CC(=O)O)CC(OP(=O)(O)OC1CCC(c2ccccc2)(c2ccccc2)CC1)N(CC(=O)O)CC(=O)O)CC(=O)O. The zero-order valence-electron chi connectivity index (χ0n) is 27.2. The van der Waals surface area contributed by atoms with Crippen molar-refractivity contribution in [3.8, 4) is 0 Å². The van der Waals surface area contributed by atoms with E-state index in [-0.39, 0.29) is 13.1 Å². The Labute approximate surface area is 287 Å². The van der Waals surface area contributed by atoms with Crippen LogP contribution in [0.15, 0.2) is 60.7 Å². The lowest BCUT2D eigenvalue weighted by Crippen LogP contribution is -2.51. The maximum atomic E-state index is 13.5. The summed E-state index contributed by atoms with van der Waals surface area (Å²) in [6, 6.07) is 19.6. The molecule has 18 heteroatoms. The lowest BCUT2D eigenvalue weighted by molar-refractivity contribution is -0.149. The number of hydrogen-bond donors (Lipinski definition) is 6. The number of hydrogen-bond acceptors (Lipinski definition) is 11. The van der Waals surface area contributed by atoms with Crippen LogP contribution in [0.2, 0.25) is 0 Å². The number of phosphoric acid groups is 1. The van der Waals surface area contributed by atoms with E-state index in [1.165, 1.54) is 0 Å². The summed E-state index contributed by atoms with van der Waals surface area (Å²) in [6.45, 7) is -5.41. The molecule has 2 atom stereocenters. The third-order valence-corrected chi connectivity index (χ3v) is 9.36. The van der Waals surface area contributed by atoms with Crippen LogP contribution < -0.4 is 0 Å². The molecule has 2 aromatic carbocycles. The molecule has 1 fully saturated rings. The Morgan fingerprint density at radius 1 is 0.680 bits per heavy atom. The maximum Gasteiger partial charge on any atom is 0.474 e. The van der Waals surface area contributed by atoms with E-state index in [1.54, 1.807) is 0 Å². The Bertz CT molecular complexity index is 1430. The minimum Gasteiger partial charge on any atom is -0.480 e. The van der Waals surface area contributed by atoms with Crippen LogP contribution in [-0.2, 0) is 43.0 Å². The van der Waals surface area contributed by atoms with Gasteiger partial charge in [0.25, 0.3) is 0 Å². The fourth-order valence-corrected chi connectivity index (χ4v) is 7.31. The fraction of sp³-hybridized carbons (Fsp3) is 0.469. The van der Waals surface area contributed by atoms with E-state index < -0.39 is 94.7 Å². The second-order valence-corrected chi connectivity index (χ2v) is 13.3. The molecule has 17 nitrogen and oxygen atoms in total. The standard InChI is InChI=1S/C32H42N3O14P/c36-27(37)18-33(15-16-34(19-28(38)39)20-29(40)41)17-26(35(21-30(42)43)22-31(44)45)49-50(46,47)48-25-11-13-32(14-12-25,23-7-3-1-4-8-23)24-9-5-2-6-10-24/h1-10,25-26H,11-22H2,(H,36,37)(H,38,39)(H,40,41)(H,42,43)(H,44,45)(H,46,47). The van der Waals surface area contributed by atoms with Gasteiger partial charge in [0.05, 0.1) is 38.8 Å². The Morgan fingerprint density at radius 2 is 1.08 bits per heavy atom. The van der Waals surface area contributed by atoms with Gasteiger partial charge in [-0.3, -0.25) is 47.7 Å². The van der Waals surface area contributed by atoms with E-state index in [1.807, 2.05) is 60.7 Å². The van der Waals surface area contributed by atoms with Crippen molar-refractivity contribution in [3.63, 3.8) is 0 Å². The Balaban J connectivity index is 1.83. The smallest absolute Gasteiger partial charge is 0.474 e. The van der Waals surface area contributed by atoms with Gasteiger partial charge < -0.3 is 30.4 Å². The molecule has 0 aliphatic heterocycles. The van der Waals surface area contributed by atoms with Crippen molar-refractivity contribution in [1.82, 2.24) is 14.7 Å². The molecule has 6 N–H and O–H groups in total. The van der Waals surface area contributed by atoms with Crippen molar-refractivity contribution in [3.05, 3.63) is 71.8 Å². The van der Waals surface area contributed by atoms with Crippen molar-refractivity contribution in [2.24, 2.45) is 0 Å². The summed E-state index contributed by atoms with van der Waals surface area (Å²) < 4.78 is 24.5. The van der Waals surface area contributed by atoms with Gasteiger partial charge >= 0.3 is 37.7 Å². The quantitative estimate of drug-likeness (QED) is 0.0747. The highest BCUT2D eigenvalue weighted by molar-refractivity contribution is 7.47. The van der Waals surface area contributed by atoms with Crippen LogP contribution in [-0.4, -0.2) is 140 Å². The number of phosphoric ester groups is 1. The highest BCUT2D eigenvalue weighted by Crippen LogP contribution is 2.52. The van der Waals surface area contributed by atoms with E-state index in [2.05, 4.69) is 0 Å². The Morgan fingerprint density at radius 3 is 1.50 bits per heavy atom. The number of carbonyl (C=O) groups is 5. The second-order valence-electron chi connectivity index (χ2n) is 12.0. The van der Waals surface area contributed by atoms with E-state index in [0.717, 1.165) is 20.9 Å². The predicted octanol–water partition coefficient (Wildman–Crippen LogP) is 1.70. The minimum absolute atomic E-state index is 0.295. The molecule has 50 heavy (non-hydrogen) atoms. The first-order valence-corrected chi connectivity index (χ1v) is 17.2. The molecule has 0 spiro atoms. The van der Waals surface area contributed by atoms with E-state index >= 15 is 0 Å². The lowest BCUT2D eigenvalue weighted by atomic mass is 9.65. The van der Waals surface area contributed by atoms with E-state index in [0.29, 0.717) is 30.6 Å². The molecule has 0 aromatic heterocycles. The molecule has 0 amide bonds. The summed E-state index contributed by atoms with van der Waals surface area (Å²) in [5, 5.41) is 46.8. The van der Waals surface area contributed by atoms with Gasteiger partial charge in [0.1, 0.15) is 6.23 Å². The summed E-state index contributed by atoms with van der Waals surface area (Å²) >= 11 is 0. The van der Waals surface area contributed by atoms with Crippen molar-refractivity contribution in [2.45, 2.75) is 43.4 Å². The largest absolute Gasteiger partial charge is 0.480 e. The summed E-state index contributed by atoms with van der Waals surface area (Å²) in [5.74, 6) is -7.13. The van der Waals surface area contributed by atoms with Gasteiger partial charge in [0, 0.05) is 25.0 Å². The van der Waals surface area contributed by atoms with Gasteiger partial charge in [-0.25, -0.2) is 4.57 Å². The average Bonchev–Trinajstić information content (AvgIpc) is 3.02. The van der Waals surface area contributed by atoms with E-state index in [9.17, 15) is 48.8 Å². The number of nitrogens with zero attached hydrogens (tertiary/aromatic N) is 3. The topological polar surface area (TPSA) is 252 Å². The molecule has 1 saturated carbocycles. The van der Waals surface area contributed by atoms with Gasteiger partial charge in [-0.05, 0) is 36.8 Å². The molecule has 0 heterocycles. The molecular weight excluding hydrogens is 681 g/mol. The second kappa shape index (κ2) is 18.7. The third-order valence-electron chi connectivity index (χ3n) is 8.28. The predicted molar refractivity (Wildman–Crippen MR) is 174 cm³/mol. The van der Waals surface area contributed by atoms with Gasteiger partial charge in [-0.1, -0.05) is 60.7 Å². The number of aliphatic carboxylic acids is 5. The zero-order valence-corrected chi connectivity index (χ0v) is 28.0. The van der Waals surface area contributed by atoms with Gasteiger partial charge in [0.2, 0.25) is 0 Å². The number of carboxylic acids is 5. The minimum atomic E-state index is -5.08. The first-order chi connectivity index (χ1) is 23.6. The summed E-state index contributed by atoms with van der Waals surface area (Å²) in [5.41, 5.74) is 1.72. The van der Waals surface area contributed by atoms with Crippen LogP contribution >= 0.6 is 7.82 Å². The Kier molecular flexibility index (Phi) is 15.0. The summed E-state index contributed by atoms with van der Waals surface area (Å²) in [4.78, 5) is 71.3. The van der Waals surface area contributed by atoms with Crippen LogP contribution in [0.1, 0.15) is 36.8 Å². The molecule has 274 valence electrons. The fourth-order valence-electron chi connectivity index (χ4n) is 6.16. The molecular formula is C32H42N3O14P. The van der Waals surface area contributed by atoms with Gasteiger partial charge in [-0.2, -0.15) is 0 Å². The average molecular weight is 724 g/mol. The molecule has 1 aliphatic carbocycles. The highest BCUT2D eigenvalue weighted by Gasteiger charge is 2.42. The van der Waals surface area contributed by atoms with Crippen molar-refractivity contribution >= 4 is 37.7 Å². The number of carboxylic acid groups (broad SMARTS) is 5. The molecule has 2 unspecified atom stereocenters. The van der Waals surface area contributed by atoms with E-state index in [4.69, 9.17) is 19.3 Å². The number of rotatable bonds is 22. The first-order valence-electron chi connectivity index (χ1n) is 15.7. The molecule has 2 aromatic rings. The Hall–Kier alpha value is -4.22. The maximum absolute atomic E-state index is 13.5. The normalized spacial score (nSPS) is 16.6. The highest BCUT2D eigenvalue weighted by atomic mass is 31.2. The van der Waals surface area contributed by atoms with Gasteiger partial charge in [0.15, 0.2) is 0 Å². The third kappa shape index (κ3) is 12.9. The van der Waals surface area contributed by atoms with Crippen LogP contribution in [0, 0.1) is 0 Å². The lowest BCUT2D eigenvalue weighted by Gasteiger charge is -2.41. The monoisotopic (exact) mass is 723 g/mol. The van der Waals surface area contributed by atoms with Crippen LogP contribution in [0.5, 0.6) is 0 Å². The molecule has 0 saturated heterocycles. The molecule has 0 bridgehead atoms. The van der Waals surface area contributed by atoms with Crippen LogP contribution in [0.3, 0.4) is 0 Å². The molecule has 0 radical (unpaired) electrons.